The lowest BCUT2D eigenvalue weighted by Crippen LogP contribution is -2.34. The summed E-state index contributed by atoms with van der Waals surface area (Å²) in [5.74, 6) is -0.0182. The summed E-state index contributed by atoms with van der Waals surface area (Å²) in [5, 5.41) is 3.82. The van der Waals surface area contributed by atoms with E-state index in [2.05, 4.69) is 26.2 Å². The molecule has 76 valence electrons. The summed E-state index contributed by atoms with van der Waals surface area (Å²) in [6.07, 6.45) is 0. The lowest BCUT2D eigenvalue weighted by atomic mass is 10.3. The molecule has 1 aliphatic rings. The fourth-order valence-corrected chi connectivity index (χ4v) is 2.19. The Kier molecular flexibility index (Phi) is 1.82. The van der Waals surface area contributed by atoms with Crippen LogP contribution in [0.25, 0.3) is 11.0 Å². The van der Waals surface area contributed by atoms with Crippen molar-refractivity contribution < 1.29 is 4.79 Å². The van der Waals surface area contributed by atoms with E-state index in [9.17, 15) is 4.79 Å². The molecular weight excluding hydrogens is 258 g/mol. The summed E-state index contributed by atoms with van der Waals surface area (Å²) in [5.41, 5.74) is 1.57. The molecule has 1 amide bonds. The van der Waals surface area contributed by atoms with Crippen LogP contribution in [-0.2, 0) is 6.54 Å². The third-order valence-electron chi connectivity index (χ3n) is 2.56. The highest BCUT2D eigenvalue weighted by atomic mass is 79.9. The Balaban J connectivity index is 2.36. The number of hydrogen-bond acceptors (Lipinski definition) is 2. The molecule has 0 aromatic carbocycles. The van der Waals surface area contributed by atoms with E-state index < -0.39 is 0 Å². The highest BCUT2D eigenvalue weighted by Crippen LogP contribution is 2.21. The van der Waals surface area contributed by atoms with Gasteiger partial charge in [-0.25, -0.2) is 4.98 Å². The smallest absolute Gasteiger partial charge is 0.268 e. The molecule has 0 fully saturated rings. The molecule has 0 aliphatic carbocycles. The van der Waals surface area contributed by atoms with Crippen LogP contribution >= 0.6 is 15.9 Å². The summed E-state index contributed by atoms with van der Waals surface area (Å²) in [4.78, 5) is 16.0. The van der Waals surface area contributed by atoms with Crippen LogP contribution in [0.4, 0.5) is 0 Å². The van der Waals surface area contributed by atoms with Crippen LogP contribution in [0.15, 0.2) is 22.8 Å². The molecule has 0 saturated heterocycles. The number of carbonyl (C=O) groups is 1. The molecule has 1 N–H and O–H groups in total. The highest BCUT2D eigenvalue weighted by molar-refractivity contribution is 9.10. The minimum Gasteiger partial charge on any atom is -0.349 e. The van der Waals surface area contributed by atoms with Crippen molar-refractivity contribution in [3.05, 3.63) is 28.5 Å². The molecule has 5 heteroatoms. The molecule has 0 unspecified atom stereocenters. The molecule has 2 aromatic heterocycles. The Morgan fingerprint density at radius 3 is 3.20 bits per heavy atom. The number of carbonyl (C=O) groups excluding carboxylic acids is 1. The molecule has 1 aliphatic heterocycles. The van der Waals surface area contributed by atoms with E-state index in [1.165, 1.54) is 0 Å². The van der Waals surface area contributed by atoms with Gasteiger partial charge in [-0.2, -0.15) is 0 Å². The van der Waals surface area contributed by atoms with E-state index in [-0.39, 0.29) is 5.91 Å². The molecule has 3 heterocycles. The zero-order chi connectivity index (χ0) is 10.4. The number of halogens is 1. The number of nitrogens with zero attached hydrogens (tertiary/aromatic N) is 2. The minimum atomic E-state index is -0.0182. The first kappa shape index (κ1) is 8.91. The molecule has 0 saturated carbocycles. The van der Waals surface area contributed by atoms with Gasteiger partial charge in [-0.1, -0.05) is 0 Å². The third-order valence-corrected chi connectivity index (χ3v) is 3.01. The molecule has 0 bridgehead atoms. The standard InChI is InChI=1S/C10H8BrN3O/c11-8-2-1-6-5-7-10(15)12-3-4-14(7)9(6)13-8/h1-2,5H,3-4H2,(H,12,15). The summed E-state index contributed by atoms with van der Waals surface area (Å²) in [6.45, 7) is 1.46. The predicted molar refractivity (Wildman–Crippen MR) is 59.8 cm³/mol. The van der Waals surface area contributed by atoms with E-state index in [0.717, 1.165) is 22.2 Å². The fraction of sp³-hybridized carbons (Fsp3) is 0.200. The van der Waals surface area contributed by atoms with Gasteiger partial charge in [-0.3, -0.25) is 4.79 Å². The molecule has 15 heavy (non-hydrogen) atoms. The molecular formula is C10H8BrN3O. The lowest BCUT2D eigenvalue weighted by molar-refractivity contribution is 0.0929. The van der Waals surface area contributed by atoms with Crippen molar-refractivity contribution in [3.8, 4) is 0 Å². The first-order chi connectivity index (χ1) is 7.25. The lowest BCUT2D eigenvalue weighted by Gasteiger charge is -2.15. The second-order valence-electron chi connectivity index (χ2n) is 3.48. The van der Waals surface area contributed by atoms with Gasteiger partial charge in [0.05, 0.1) is 0 Å². The van der Waals surface area contributed by atoms with Gasteiger partial charge in [-0.15, -0.1) is 0 Å². The zero-order valence-electron chi connectivity index (χ0n) is 7.83. The van der Waals surface area contributed by atoms with E-state index in [1.807, 2.05) is 22.8 Å². The molecule has 2 aromatic rings. The SMILES string of the molecule is O=C1NCCn2c1cc1ccc(Br)nc12. The average molecular weight is 266 g/mol. The summed E-state index contributed by atoms with van der Waals surface area (Å²) in [7, 11) is 0. The molecule has 3 rings (SSSR count). The monoisotopic (exact) mass is 265 g/mol. The summed E-state index contributed by atoms with van der Waals surface area (Å²) < 4.78 is 2.75. The van der Waals surface area contributed by atoms with Gasteiger partial charge in [0, 0.05) is 18.5 Å². The van der Waals surface area contributed by atoms with Gasteiger partial charge in [0.2, 0.25) is 0 Å². The largest absolute Gasteiger partial charge is 0.349 e. The van der Waals surface area contributed by atoms with Crippen molar-refractivity contribution in [3.63, 3.8) is 0 Å². The number of rotatable bonds is 0. The summed E-state index contributed by atoms with van der Waals surface area (Å²) in [6, 6.07) is 5.72. The third kappa shape index (κ3) is 1.26. The van der Waals surface area contributed by atoms with Crippen LogP contribution in [0.1, 0.15) is 10.5 Å². The maximum Gasteiger partial charge on any atom is 0.268 e. The van der Waals surface area contributed by atoms with Crippen molar-refractivity contribution in [2.75, 3.05) is 6.54 Å². The van der Waals surface area contributed by atoms with Gasteiger partial charge in [0.1, 0.15) is 15.9 Å². The molecule has 4 nitrogen and oxygen atoms in total. The van der Waals surface area contributed by atoms with E-state index >= 15 is 0 Å². The normalized spacial score (nSPS) is 15.1. The van der Waals surface area contributed by atoms with Crippen molar-refractivity contribution in [2.24, 2.45) is 0 Å². The van der Waals surface area contributed by atoms with E-state index in [0.29, 0.717) is 12.2 Å². The maximum absolute atomic E-state index is 11.6. The highest BCUT2D eigenvalue weighted by Gasteiger charge is 2.19. The van der Waals surface area contributed by atoms with Gasteiger partial charge in [0.25, 0.3) is 5.91 Å². The van der Waals surface area contributed by atoms with Crippen LogP contribution < -0.4 is 5.32 Å². The Morgan fingerprint density at radius 1 is 1.47 bits per heavy atom. The van der Waals surface area contributed by atoms with Gasteiger partial charge in [0.15, 0.2) is 0 Å². The number of hydrogen-bond donors (Lipinski definition) is 1. The topological polar surface area (TPSA) is 46.9 Å². The van der Waals surface area contributed by atoms with Crippen molar-refractivity contribution >= 4 is 32.9 Å². The van der Waals surface area contributed by atoms with Gasteiger partial charge >= 0.3 is 0 Å². The Bertz CT molecular complexity index is 561. The van der Waals surface area contributed by atoms with Gasteiger partial charge in [-0.05, 0) is 34.1 Å². The Hall–Kier alpha value is -1.36. The second kappa shape index (κ2) is 3.06. The molecule has 0 atom stereocenters. The second-order valence-corrected chi connectivity index (χ2v) is 4.30. The van der Waals surface area contributed by atoms with Crippen LogP contribution in [0.2, 0.25) is 0 Å². The minimum absolute atomic E-state index is 0.0182. The number of nitrogens with one attached hydrogen (secondary N) is 1. The van der Waals surface area contributed by atoms with Crippen molar-refractivity contribution in [1.82, 2.24) is 14.9 Å². The maximum atomic E-state index is 11.6. The number of amides is 1. The average Bonchev–Trinajstić information content (AvgIpc) is 2.58. The Morgan fingerprint density at radius 2 is 2.33 bits per heavy atom. The first-order valence-electron chi connectivity index (χ1n) is 4.70. The van der Waals surface area contributed by atoms with Crippen LogP contribution in [0, 0.1) is 0 Å². The van der Waals surface area contributed by atoms with Crippen molar-refractivity contribution in [1.29, 1.82) is 0 Å². The first-order valence-corrected chi connectivity index (χ1v) is 5.49. The van der Waals surface area contributed by atoms with Crippen molar-refractivity contribution in [2.45, 2.75) is 6.54 Å². The van der Waals surface area contributed by atoms with Crippen LogP contribution in [0.5, 0.6) is 0 Å². The van der Waals surface area contributed by atoms with E-state index in [4.69, 9.17) is 0 Å². The van der Waals surface area contributed by atoms with Crippen LogP contribution in [-0.4, -0.2) is 22.0 Å². The van der Waals surface area contributed by atoms with E-state index in [1.54, 1.807) is 0 Å². The number of fused-ring (bicyclic) bond motifs is 3. The Labute approximate surface area is 94.4 Å². The number of pyridine rings is 1. The van der Waals surface area contributed by atoms with Crippen LogP contribution in [0.3, 0.4) is 0 Å². The predicted octanol–water partition coefficient (Wildman–Crippen LogP) is 1.54. The fourth-order valence-electron chi connectivity index (χ4n) is 1.89. The molecule has 0 radical (unpaired) electrons. The molecule has 0 spiro atoms. The summed E-state index contributed by atoms with van der Waals surface area (Å²) >= 11 is 3.34. The quantitative estimate of drug-likeness (QED) is 0.735. The number of aromatic nitrogens is 2. The zero-order valence-corrected chi connectivity index (χ0v) is 9.41. The van der Waals surface area contributed by atoms with Gasteiger partial charge < -0.3 is 9.88 Å².